The van der Waals surface area contributed by atoms with Crippen molar-refractivity contribution in [2.24, 2.45) is 5.10 Å². The Balaban J connectivity index is 1.52. The summed E-state index contributed by atoms with van der Waals surface area (Å²) in [4.78, 5) is 4.56. The number of aromatic nitrogens is 1. The number of anilines is 1. The molecule has 0 spiro atoms. The Bertz CT molecular complexity index is 1100. The van der Waals surface area contributed by atoms with Gasteiger partial charge in [-0.1, -0.05) is 41.9 Å². The van der Waals surface area contributed by atoms with Gasteiger partial charge in [-0.15, -0.1) is 0 Å². The molecule has 0 unspecified atom stereocenters. The van der Waals surface area contributed by atoms with Crippen LogP contribution in [0.25, 0.3) is 22.2 Å². The average Bonchev–Trinajstić information content (AvgIpc) is 3.11. The number of furan rings is 1. The molecule has 1 N–H and O–H groups in total. The molecule has 0 saturated carbocycles. The number of halogens is 1. The summed E-state index contributed by atoms with van der Waals surface area (Å²) < 4.78 is 5.79. The first-order valence-corrected chi connectivity index (χ1v) is 8.59. The number of fused-ring (bicyclic) bond motifs is 1. The van der Waals surface area contributed by atoms with Gasteiger partial charge in [-0.05, 0) is 48.9 Å². The zero-order valence-electron chi connectivity index (χ0n) is 14.1. The second-order valence-electron chi connectivity index (χ2n) is 5.89. The third kappa shape index (κ3) is 3.32. The van der Waals surface area contributed by atoms with Crippen LogP contribution in [0.3, 0.4) is 0 Å². The van der Waals surface area contributed by atoms with Crippen LogP contribution in [0.4, 0.5) is 5.82 Å². The molecule has 4 rings (SSSR count). The number of para-hydroxylation sites is 1. The van der Waals surface area contributed by atoms with Crippen molar-refractivity contribution >= 4 is 34.5 Å². The number of nitrogens with one attached hydrogen (secondary N) is 1. The Morgan fingerprint density at radius 3 is 2.73 bits per heavy atom. The molecule has 2 aromatic heterocycles. The summed E-state index contributed by atoms with van der Waals surface area (Å²) in [5, 5.41) is 6.01. The third-order valence-corrected chi connectivity index (χ3v) is 4.39. The van der Waals surface area contributed by atoms with Crippen molar-refractivity contribution in [3.05, 3.63) is 83.1 Å². The highest BCUT2D eigenvalue weighted by atomic mass is 35.5. The summed E-state index contributed by atoms with van der Waals surface area (Å²) in [5.41, 5.74) is 5.89. The molecule has 0 saturated heterocycles. The van der Waals surface area contributed by atoms with Crippen molar-refractivity contribution in [3.8, 4) is 11.3 Å². The van der Waals surface area contributed by atoms with Crippen LogP contribution in [0.1, 0.15) is 11.3 Å². The first-order valence-electron chi connectivity index (χ1n) is 8.21. The van der Waals surface area contributed by atoms with Gasteiger partial charge in [0.1, 0.15) is 17.3 Å². The lowest BCUT2D eigenvalue weighted by Gasteiger charge is -2.05. The second kappa shape index (κ2) is 7.02. The predicted molar refractivity (Wildman–Crippen MR) is 107 cm³/mol. The molecule has 128 valence electrons. The molecule has 0 aliphatic heterocycles. The Morgan fingerprint density at radius 1 is 1.04 bits per heavy atom. The maximum Gasteiger partial charge on any atom is 0.147 e. The molecule has 0 aliphatic rings. The van der Waals surface area contributed by atoms with Crippen molar-refractivity contribution in [2.45, 2.75) is 6.92 Å². The monoisotopic (exact) mass is 361 g/mol. The van der Waals surface area contributed by atoms with Crippen LogP contribution in [0.5, 0.6) is 0 Å². The van der Waals surface area contributed by atoms with Crippen molar-refractivity contribution in [1.82, 2.24) is 4.98 Å². The van der Waals surface area contributed by atoms with Gasteiger partial charge in [0.2, 0.25) is 0 Å². The molecule has 5 heteroatoms. The van der Waals surface area contributed by atoms with Crippen LogP contribution in [0.2, 0.25) is 5.02 Å². The van der Waals surface area contributed by atoms with Crippen LogP contribution in [-0.4, -0.2) is 11.2 Å². The number of hydrogen-bond acceptors (Lipinski definition) is 4. The van der Waals surface area contributed by atoms with E-state index in [4.69, 9.17) is 16.0 Å². The number of pyridine rings is 1. The van der Waals surface area contributed by atoms with Gasteiger partial charge < -0.3 is 4.42 Å². The zero-order chi connectivity index (χ0) is 17.9. The zero-order valence-corrected chi connectivity index (χ0v) is 14.9. The van der Waals surface area contributed by atoms with E-state index in [2.05, 4.69) is 28.5 Å². The van der Waals surface area contributed by atoms with E-state index in [-0.39, 0.29) is 0 Å². The third-order valence-electron chi connectivity index (χ3n) is 4.06. The molecule has 0 fully saturated rings. The minimum Gasteiger partial charge on any atom is -0.455 e. The maximum atomic E-state index is 6.20. The van der Waals surface area contributed by atoms with Gasteiger partial charge in [0.05, 0.1) is 16.8 Å². The van der Waals surface area contributed by atoms with Crippen LogP contribution in [0, 0.1) is 6.92 Å². The highest BCUT2D eigenvalue weighted by Crippen LogP contribution is 2.28. The molecule has 0 aliphatic carbocycles. The molecular weight excluding hydrogens is 346 g/mol. The van der Waals surface area contributed by atoms with E-state index in [1.54, 1.807) is 6.21 Å². The Hall–Kier alpha value is -3.11. The molecular formula is C21H16ClN3O. The van der Waals surface area contributed by atoms with E-state index in [0.29, 0.717) is 22.4 Å². The van der Waals surface area contributed by atoms with Crippen LogP contribution < -0.4 is 5.43 Å². The molecule has 0 radical (unpaired) electrons. The number of benzene rings is 2. The van der Waals surface area contributed by atoms with Gasteiger partial charge in [-0.2, -0.15) is 5.10 Å². The quantitative estimate of drug-likeness (QED) is 0.363. The Labute approximate surface area is 156 Å². The van der Waals surface area contributed by atoms with Crippen molar-refractivity contribution < 1.29 is 4.42 Å². The Kier molecular flexibility index (Phi) is 4.42. The van der Waals surface area contributed by atoms with Crippen LogP contribution >= 0.6 is 11.6 Å². The molecule has 4 nitrogen and oxygen atoms in total. The minimum absolute atomic E-state index is 0.630. The average molecular weight is 362 g/mol. The van der Waals surface area contributed by atoms with E-state index < -0.39 is 0 Å². The number of nitrogens with zero attached hydrogens (tertiary/aromatic N) is 2. The van der Waals surface area contributed by atoms with E-state index in [1.807, 2.05) is 60.7 Å². The molecule has 0 atom stereocenters. The number of aryl methyl sites for hydroxylation is 1. The van der Waals surface area contributed by atoms with E-state index >= 15 is 0 Å². The Morgan fingerprint density at radius 2 is 1.85 bits per heavy atom. The summed E-state index contributed by atoms with van der Waals surface area (Å²) in [7, 11) is 0. The van der Waals surface area contributed by atoms with Crippen molar-refractivity contribution in [3.63, 3.8) is 0 Å². The lowest BCUT2D eigenvalue weighted by molar-refractivity contribution is 0.575. The summed E-state index contributed by atoms with van der Waals surface area (Å²) >= 11 is 6.20. The fourth-order valence-corrected chi connectivity index (χ4v) is 3.03. The SMILES string of the molecule is Cc1cc(N/N=C/c2ccc(-c3ccccc3Cl)o2)nc2ccccc12. The molecule has 2 aromatic carbocycles. The predicted octanol–water partition coefficient (Wildman–Crippen LogP) is 5.90. The van der Waals surface area contributed by atoms with Crippen LogP contribution in [-0.2, 0) is 0 Å². The lowest BCUT2D eigenvalue weighted by atomic mass is 10.1. The summed E-state index contributed by atoms with van der Waals surface area (Å²) in [6.07, 6.45) is 1.62. The van der Waals surface area contributed by atoms with Gasteiger partial charge in [0.25, 0.3) is 0 Å². The van der Waals surface area contributed by atoms with Gasteiger partial charge >= 0.3 is 0 Å². The fourth-order valence-electron chi connectivity index (χ4n) is 2.80. The maximum absolute atomic E-state index is 6.20. The largest absolute Gasteiger partial charge is 0.455 e. The van der Waals surface area contributed by atoms with Gasteiger partial charge in [-0.3, -0.25) is 5.43 Å². The van der Waals surface area contributed by atoms with Gasteiger partial charge in [-0.25, -0.2) is 4.98 Å². The number of hydrogen-bond donors (Lipinski definition) is 1. The highest BCUT2D eigenvalue weighted by molar-refractivity contribution is 6.33. The summed E-state index contributed by atoms with van der Waals surface area (Å²) in [5.74, 6) is 2.02. The van der Waals surface area contributed by atoms with E-state index in [0.717, 1.165) is 22.0 Å². The summed E-state index contributed by atoms with van der Waals surface area (Å²) in [6.45, 7) is 2.06. The highest BCUT2D eigenvalue weighted by Gasteiger charge is 2.07. The topological polar surface area (TPSA) is 50.4 Å². The molecule has 0 amide bonds. The van der Waals surface area contributed by atoms with E-state index in [9.17, 15) is 0 Å². The number of rotatable bonds is 4. The molecule has 4 aromatic rings. The van der Waals surface area contributed by atoms with Gasteiger partial charge in [0.15, 0.2) is 0 Å². The van der Waals surface area contributed by atoms with Crippen molar-refractivity contribution in [2.75, 3.05) is 5.43 Å². The molecule has 26 heavy (non-hydrogen) atoms. The lowest BCUT2D eigenvalue weighted by Crippen LogP contribution is -1.95. The summed E-state index contributed by atoms with van der Waals surface area (Å²) in [6, 6.07) is 21.3. The van der Waals surface area contributed by atoms with Gasteiger partial charge in [0, 0.05) is 10.9 Å². The van der Waals surface area contributed by atoms with Crippen molar-refractivity contribution in [1.29, 1.82) is 0 Å². The first-order chi connectivity index (χ1) is 12.7. The normalized spacial score (nSPS) is 11.3. The smallest absolute Gasteiger partial charge is 0.147 e. The molecule has 2 heterocycles. The minimum atomic E-state index is 0.630. The standard InChI is InChI=1S/C21H16ClN3O/c1-14-12-21(24-19-9-5-3-6-16(14)19)25-23-13-15-10-11-20(26-15)17-7-2-4-8-18(17)22/h2-13H,1H3,(H,24,25)/b23-13+. The fraction of sp³-hybridized carbons (Fsp3) is 0.0476. The second-order valence-corrected chi connectivity index (χ2v) is 6.30. The number of hydrazone groups is 1. The first kappa shape index (κ1) is 16.4. The van der Waals surface area contributed by atoms with E-state index in [1.165, 1.54) is 0 Å². The molecule has 0 bridgehead atoms. The van der Waals surface area contributed by atoms with Crippen LogP contribution in [0.15, 0.2) is 76.2 Å².